The Hall–Kier alpha value is -1.60. The number of aliphatic carboxylic acids is 1. The smallest absolute Gasteiger partial charge is 0.305 e. The van der Waals surface area contributed by atoms with E-state index in [2.05, 4.69) is 10.4 Å². The van der Waals surface area contributed by atoms with Crippen molar-refractivity contribution in [3.05, 3.63) is 16.9 Å². The van der Waals surface area contributed by atoms with E-state index in [9.17, 15) is 9.59 Å². The first-order valence-electron chi connectivity index (χ1n) is 6.31. The van der Waals surface area contributed by atoms with Crippen molar-refractivity contribution in [2.75, 3.05) is 13.2 Å². The third-order valence-electron chi connectivity index (χ3n) is 3.28. The maximum Gasteiger partial charge on any atom is 0.305 e. The van der Waals surface area contributed by atoms with Crippen molar-refractivity contribution in [3.63, 3.8) is 0 Å². The summed E-state index contributed by atoms with van der Waals surface area (Å²) in [6, 6.07) is 0. The lowest BCUT2D eigenvalue weighted by Crippen LogP contribution is -2.51. The number of rotatable bonds is 5. The number of halogens is 1. The van der Waals surface area contributed by atoms with Crippen LogP contribution < -0.4 is 5.32 Å². The van der Waals surface area contributed by atoms with Crippen LogP contribution in [-0.4, -0.2) is 45.5 Å². The molecule has 110 valence electrons. The molecule has 0 saturated carbocycles. The number of hydrogen-bond acceptors (Lipinski definition) is 4. The first-order chi connectivity index (χ1) is 9.47. The summed E-state index contributed by atoms with van der Waals surface area (Å²) in [5.41, 5.74) is -0.638. The average Bonchev–Trinajstić information content (AvgIpc) is 2.95. The molecule has 8 heteroatoms. The number of carbonyl (C=O) groups excluding carboxylic acids is 1. The Kier molecular flexibility index (Phi) is 4.29. The number of ether oxygens (including phenoxy) is 1. The fourth-order valence-corrected chi connectivity index (χ4v) is 2.53. The molecule has 0 aromatic carbocycles. The Morgan fingerprint density at radius 1 is 1.65 bits per heavy atom. The minimum absolute atomic E-state index is 0.183. The number of nitrogens with zero attached hydrogens (tertiary/aromatic N) is 2. The molecule has 1 aliphatic rings. The number of aryl methyl sites for hydroxylation is 1. The maximum absolute atomic E-state index is 12.3. The van der Waals surface area contributed by atoms with E-state index < -0.39 is 17.4 Å². The molecule has 1 saturated heterocycles. The number of carbonyl (C=O) groups is 2. The number of hydrogen-bond donors (Lipinski definition) is 2. The topological polar surface area (TPSA) is 93.5 Å². The van der Waals surface area contributed by atoms with Gasteiger partial charge in [0.2, 0.25) is 0 Å². The van der Waals surface area contributed by atoms with E-state index in [0.717, 1.165) is 0 Å². The highest BCUT2D eigenvalue weighted by molar-refractivity contribution is 6.33. The normalized spacial score (nSPS) is 21.9. The molecule has 1 atom stereocenters. The quantitative estimate of drug-likeness (QED) is 0.843. The molecule has 20 heavy (non-hydrogen) atoms. The number of aromatic nitrogens is 2. The molecule has 1 aromatic heterocycles. The first kappa shape index (κ1) is 14.8. The number of nitrogens with one attached hydrogen (secondary N) is 1. The summed E-state index contributed by atoms with van der Waals surface area (Å²) in [7, 11) is 0. The first-order valence-corrected chi connectivity index (χ1v) is 6.68. The van der Waals surface area contributed by atoms with Gasteiger partial charge in [0.1, 0.15) is 5.69 Å². The SMILES string of the molecule is CCn1ncc(Cl)c1C(=O)NC1(CC(=O)O)CCOC1. The van der Waals surface area contributed by atoms with E-state index in [4.69, 9.17) is 21.4 Å². The van der Waals surface area contributed by atoms with Gasteiger partial charge in [0, 0.05) is 13.2 Å². The van der Waals surface area contributed by atoms with Crippen LogP contribution in [0.15, 0.2) is 6.20 Å². The van der Waals surface area contributed by atoms with Gasteiger partial charge in [-0.25, -0.2) is 0 Å². The molecule has 2 rings (SSSR count). The Morgan fingerprint density at radius 2 is 2.40 bits per heavy atom. The predicted molar refractivity (Wildman–Crippen MR) is 70.8 cm³/mol. The summed E-state index contributed by atoms with van der Waals surface area (Å²) in [4.78, 5) is 23.3. The summed E-state index contributed by atoms with van der Waals surface area (Å²) >= 11 is 5.96. The van der Waals surface area contributed by atoms with E-state index >= 15 is 0 Å². The molecular weight excluding hydrogens is 286 g/mol. The summed E-state index contributed by atoms with van der Waals surface area (Å²) in [6.45, 7) is 2.95. The second-order valence-electron chi connectivity index (χ2n) is 4.76. The van der Waals surface area contributed by atoms with Crippen LogP contribution in [0.2, 0.25) is 5.02 Å². The molecule has 1 unspecified atom stereocenters. The van der Waals surface area contributed by atoms with Gasteiger partial charge in [-0.3, -0.25) is 14.3 Å². The molecule has 0 bridgehead atoms. The average molecular weight is 302 g/mol. The third kappa shape index (κ3) is 2.94. The van der Waals surface area contributed by atoms with Crippen LogP contribution in [0.25, 0.3) is 0 Å². The summed E-state index contributed by atoms with van der Waals surface area (Å²) in [5, 5.41) is 16.0. The van der Waals surface area contributed by atoms with Crippen molar-refractivity contribution in [2.45, 2.75) is 31.8 Å². The number of carboxylic acid groups (broad SMARTS) is 1. The van der Waals surface area contributed by atoms with Gasteiger partial charge in [0.15, 0.2) is 0 Å². The summed E-state index contributed by atoms with van der Waals surface area (Å²) in [5.74, 6) is -1.41. The minimum atomic E-state index is -0.981. The molecule has 1 aromatic rings. The lowest BCUT2D eigenvalue weighted by Gasteiger charge is -2.27. The van der Waals surface area contributed by atoms with Crippen LogP contribution in [0.4, 0.5) is 0 Å². The van der Waals surface area contributed by atoms with Crippen LogP contribution in [-0.2, 0) is 16.1 Å². The van der Waals surface area contributed by atoms with Crippen molar-refractivity contribution in [1.82, 2.24) is 15.1 Å². The molecule has 0 aliphatic carbocycles. The van der Waals surface area contributed by atoms with E-state index in [0.29, 0.717) is 19.6 Å². The number of amides is 1. The largest absolute Gasteiger partial charge is 0.481 e. The van der Waals surface area contributed by atoms with Gasteiger partial charge in [-0.1, -0.05) is 11.6 Å². The van der Waals surface area contributed by atoms with Gasteiger partial charge in [0.25, 0.3) is 5.91 Å². The van der Waals surface area contributed by atoms with Crippen molar-refractivity contribution >= 4 is 23.5 Å². The molecule has 2 N–H and O–H groups in total. The van der Waals surface area contributed by atoms with Gasteiger partial charge >= 0.3 is 5.97 Å². The van der Waals surface area contributed by atoms with Crippen molar-refractivity contribution < 1.29 is 19.4 Å². The monoisotopic (exact) mass is 301 g/mol. The second-order valence-corrected chi connectivity index (χ2v) is 5.17. The highest BCUT2D eigenvalue weighted by atomic mass is 35.5. The molecule has 7 nitrogen and oxygen atoms in total. The van der Waals surface area contributed by atoms with Crippen LogP contribution in [0.1, 0.15) is 30.3 Å². The third-order valence-corrected chi connectivity index (χ3v) is 3.56. The minimum Gasteiger partial charge on any atom is -0.481 e. The van der Waals surface area contributed by atoms with E-state index in [1.165, 1.54) is 10.9 Å². The molecule has 0 spiro atoms. The van der Waals surface area contributed by atoms with Gasteiger partial charge < -0.3 is 15.2 Å². The van der Waals surface area contributed by atoms with E-state index in [-0.39, 0.29) is 23.7 Å². The van der Waals surface area contributed by atoms with E-state index in [1.807, 2.05) is 6.92 Å². The Bertz CT molecular complexity index is 523. The fraction of sp³-hybridized carbons (Fsp3) is 0.583. The summed E-state index contributed by atoms with van der Waals surface area (Å²) in [6.07, 6.45) is 1.68. The van der Waals surface area contributed by atoms with Gasteiger partial charge in [-0.2, -0.15) is 5.10 Å². The van der Waals surface area contributed by atoms with Crippen molar-refractivity contribution in [2.24, 2.45) is 0 Å². The van der Waals surface area contributed by atoms with Crippen molar-refractivity contribution in [3.8, 4) is 0 Å². The van der Waals surface area contributed by atoms with Crippen molar-refractivity contribution in [1.29, 1.82) is 0 Å². The molecule has 1 fully saturated rings. The zero-order valence-corrected chi connectivity index (χ0v) is 11.8. The lowest BCUT2D eigenvalue weighted by molar-refractivity contribution is -0.138. The second kappa shape index (κ2) is 5.80. The molecular formula is C12H16ClN3O4. The highest BCUT2D eigenvalue weighted by Crippen LogP contribution is 2.24. The Balaban J connectivity index is 2.20. The Labute approximate surface area is 120 Å². The fourth-order valence-electron chi connectivity index (χ4n) is 2.31. The standard InChI is InChI=1S/C12H16ClN3O4/c1-2-16-10(8(13)6-14-16)11(19)15-12(5-9(17)18)3-4-20-7-12/h6H,2-5,7H2,1H3,(H,15,19)(H,17,18). The van der Waals surface area contributed by atoms with Crippen LogP contribution in [0, 0.1) is 0 Å². The zero-order chi connectivity index (χ0) is 14.8. The summed E-state index contributed by atoms with van der Waals surface area (Å²) < 4.78 is 6.71. The molecule has 0 radical (unpaired) electrons. The highest BCUT2D eigenvalue weighted by Gasteiger charge is 2.39. The van der Waals surface area contributed by atoms with Gasteiger partial charge in [-0.05, 0) is 13.3 Å². The molecule has 1 aliphatic heterocycles. The molecule has 1 amide bonds. The van der Waals surface area contributed by atoms with Crippen LogP contribution in [0.5, 0.6) is 0 Å². The van der Waals surface area contributed by atoms with Crippen LogP contribution in [0.3, 0.4) is 0 Å². The van der Waals surface area contributed by atoms with Gasteiger partial charge in [-0.15, -0.1) is 0 Å². The zero-order valence-electron chi connectivity index (χ0n) is 11.1. The molecule has 2 heterocycles. The lowest BCUT2D eigenvalue weighted by atomic mass is 9.94. The van der Waals surface area contributed by atoms with Crippen LogP contribution >= 0.6 is 11.6 Å². The van der Waals surface area contributed by atoms with E-state index in [1.54, 1.807) is 0 Å². The maximum atomic E-state index is 12.3. The number of carboxylic acids is 1. The van der Waals surface area contributed by atoms with Gasteiger partial charge in [0.05, 0.1) is 29.8 Å². The predicted octanol–water partition coefficient (Wildman–Crippen LogP) is 0.920. The Morgan fingerprint density at radius 3 is 2.95 bits per heavy atom.